The van der Waals surface area contributed by atoms with Crippen LogP contribution < -0.4 is 0 Å². The third-order valence-corrected chi connectivity index (χ3v) is 5.06. The van der Waals surface area contributed by atoms with Crippen molar-refractivity contribution >= 4 is 0 Å². The van der Waals surface area contributed by atoms with Crippen LogP contribution in [0.4, 0.5) is 0 Å². The minimum Gasteiger partial charge on any atom is -0.508 e. The molecule has 122 valence electrons. The molecular weight excluding hydrogens is 286 g/mol. The van der Waals surface area contributed by atoms with Gasteiger partial charge >= 0.3 is 0 Å². The number of nitrogens with zero attached hydrogens (tertiary/aromatic N) is 1. The molecule has 3 heteroatoms. The molecule has 0 aliphatic carbocycles. The Morgan fingerprint density at radius 1 is 0.957 bits per heavy atom. The molecule has 1 unspecified atom stereocenters. The van der Waals surface area contributed by atoms with Gasteiger partial charge in [-0.05, 0) is 54.7 Å². The summed E-state index contributed by atoms with van der Waals surface area (Å²) in [6.07, 6.45) is 0. The molecule has 0 spiro atoms. The van der Waals surface area contributed by atoms with Gasteiger partial charge in [-0.15, -0.1) is 0 Å². The van der Waals surface area contributed by atoms with Gasteiger partial charge in [-0.2, -0.15) is 0 Å². The highest BCUT2D eigenvalue weighted by atomic mass is 16.5. The van der Waals surface area contributed by atoms with Crippen molar-refractivity contribution in [2.24, 2.45) is 0 Å². The number of ether oxygens (including phenoxy) is 1. The van der Waals surface area contributed by atoms with Gasteiger partial charge in [0, 0.05) is 19.1 Å². The number of benzene rings is 2. The normalized spacial score (nSPS) is 17.2. The Morgan fingerprint density at radius 2 is 1.61 bits per heavy atom. The van der Waals surface area contributed by atoms with Crippen molar-refractivity contribution in [1.82, 2.24) is 4.90 Å². The van der Waals surface area contributed by atoms with Crippen LogP contribution >= 0.6 is 0 Å². The van der Waals surface area contributed by atoms with Crippen molar-refractivity contribution in [2.45, 2.75) is 26.8 Å². The van der Waals surface area contributed by atoms with E-state index in [2.05, 4.69) is 43.0 Å². The molecule has 1 aliphatic rings. The molecule has 0 saturated carbocycles. The van der Waals surface area contributed by atoms with Gasteiger partial charge in [0.25, 0.3) is 0 Å². The summed E-state index contributed by atoms with van der Waals surface area (Å²) in [4.78, 5) is 2.47. The van der Waals surface area contributed by atoms with Gasteiger partial charge in [-0.25, -0.2) is 0 Å². The molecule has 0 aromatic heterocycles. The minimum absolute atomic E-state index is 0.365. The average Bonchev–Trinajstić information content (AvgIpc) is 2.60. The maximum absolute atomic E-state index is 9.82. The van der Waals surface area contributed by atoms with E-state index in [9.17, 15) is 5.11 Å². The van der Waals surface area contributed by atoms with Crippen LogP contribution in [-0.4, -0.2) is 36.3 Å². The van der Waals surface area contributed by atoms with Gasteiger partial charge in [-0.3, -0.25) is 4.90 Å². The van der Waals surface area contributed by atoms with Gasteiger partial charge in [-0.1, -0.05) is 30.3 Å². The lowest BCUT2D eigenvalue weighted by atomic mass is 9.95. The number of morpholine rings is 1. The summed E-state index contributed by atoms with van der Waals surface area (Å²) in [6.45, 7) is 9.94. The van der Waals surface area contributed by atoms with E-state index < -0.39 is 0 Å². The van der Waals surface area contributed by atoms with Crippen molar-refractivity contribution in [3.63, 3.8) is 0 Å². The predicted molar refractivity (Wildman–Crippen MR) is 93.8 cm³/mol. The van der Waals surface area contributed by atoms with E-state index >= 15 is 0 Å². The van der Waals surface area contributed by atoms with E-state index in [1.165, 1.54) is 16.7 Å². The van der Waals surface area contributed by atoms with Crippen molar-refractivity contribution in [3.8, 4) is 16.9 Å². The maximum atomic E-state index is 9.82. The molecular formula is C20H25NO2. The Kier molecular flexibility index (Phi) is 4.69. The molecule has 1 saturated heterocycles. The molecule has 1 atom stereocenters. The number of phenolic OH excluding ortho intramolecular Hbond substituents is 1. The van der Waals surface area contributed by atoms with Crippen LogP contribution in [0.3, 0.4) is 0 Å². The first-order valence-corrected chi connectivity index (χ1v) is 8.29. The second-order valence-corrected chi connectivity index (χ2v) is 6.33. The standard InChI is InChI=1S/C20H25NO2/c1-14-15(2)20(22)9-8-19(14)18-6-4-17(5-7-18)16(3)21-10-12-23-13-11-21/h4-9,16,22H,10-13H2,1-3H3. The highest BCUT2D eigenvalue weighted by molar-refractivity contribution is 5.70. The number of hydrogen-bond acceptors (Lipinski definition) is 3. The van der Waals surface area contributed by atoms with Gasteiger partial charge in [0.2, 0.25) is 0 Å². The quantitative estimate of drug-likeness (QED) is 0.927. The second kappa shape index (κ2) is 6.73. The SMILES string of the molecule is Cc1c(O)ccc(-c2ccc(C(C)N3CCOCC3)cc2)c1C. The molecule has 1 heterocycles. The predicted octanol–water partition coefficient (Wildman–Crippen LogP) is 4.07. The first kappa shape index (κ1) is 16.0. The van der Waals surface area contributed by atoms with E-state index in [1.54, 1.807) is 6.07 Å². The van der Waals surface area contributed by atoms with Crippen LogP contribution in [0.2, 0.25) is 0 Å². The number of hydrogen-bond donors (Lipinski definition) is 1. The maximum Gasteiger partial charge on any atom is 0.118 e. The summed E-state index contributed by atoms with van der Waals surface area (Å²) < 4.78 is 5.43. The first-order valence-electron chi connectivity index (χ1n) is 8.29. The molecule has 1 N–H and O–H groups in total. The minimum atomic E-state index is 0.365. The summed E-state index contributed by atoms with van der Waals surface area (Å²) >= 11 is 0. The van der Waals surface area contributed by atoms with Crippen LogP contribution in [0.25, 0.3) is 11.1 Å². The Hall–Kier alpha value is -1.84. The van der Waals surface area contributed by atoms with E-state index in [-0.39, 0.29) is 0 Å². The summed E-state index contributed by atoms with van der Waals surface area (Å²) in [5.74, 6) is 0.365. The van der Waals surface area contributed by atoms with E-state index in [1.807, 2.05) is 13.0 Å². The molecule has 1 aliphatic heterocycles. The smallest absolute Gasteiger partial charge is 0.118 e. The lowest BCUT2D eigenvalue weighted by Gasteiger charge is -2.32. The molecule has 0 amide bonds. The highest BCUT2D eigenvalue weighted by Gasteiger charge is 2.18. The summed E-state index contributed by atoms with van der Waals surface area (Å²) in [5, 5.41) is 9.82. The van der Waals surface area contributed by atoms with Crippen molar-refractivity contribution < 1.29 is 9.84 Å². The fourth-order valence-electron chi connectivity index (χ4n) is 3.24. The van der Waals surface area contributed by atoms with Crippen LogP contribution in [0.15, 0.2) is 36.4 Å². The van der Waals surface area contributed by atoms with Crippen molar-refractivity contribution in [3.05, 3.63) is 53.1 Å². The lowest BCUT2D eigenvalue weighted by Crippen LogP contribution is -2.37. The largest absolute Gasteiger partial charge is 0.508 e. The third-order valence-electron chi connectivity index (χ3n) is 5.06. The van der Waals surface area contributed by atoms with Crippen LogP contribution in [0.5, 0.6) is 5.75 Å². The van der Waals surface area contributed by atoms with E-state index in [4.69, 9.17) is 4.74 Å². The van der Waals surface area contributed by atoms with E-state index in [0.717, 1.165) is 37.4 Å². The number of aromatic hydroxyl groups is 1. The van der Waals surface area contributed by atoms with Crippen molar-refractivity contribution in [1.29, 1.82) is 0 Å². The zero-order valence-electron chi connectivity index (χ0n) is 14.2. The zero-order valence-corrected chi connectivity index (χ0v) is 14.2. The fourth-order valence-corrected chi connectivity index (χ4v) is 3.24. The van der Waals surface area contributed by atoms with Crippen molar-refractivity contribution in [2.75, 3.05) is 26.3 Å². The molecule has 3 nitrogen and oxygen atoms in total. The number of phenols is 1. The molecule has 2 aromatic carbocycles. The Labute approximate surface area is 138 Å². The second-order valence-electron chi connectivity index (χ2n) is 6.33. The Bertz CT molecular complexity index is 673. The Balaban J connectivity index is 1.83. The fraction of sp³-hybridized carbons (Fsp3) is 0.400. The molecule has 23 heavy (non-hydrogen) atoms. The first-order chi connectivity index (χ1) is 11.1. The molecule has 1 fully saturated rings. The van der Waals surface area contributed by atoms with Gasteiger partial charge in [0.05, 0.1) is 13.2 Å². The van der Waals surface area contributed by atoms with Gasteiger partial charge < -0.3 is 9.84 Å². The number of rotatable bonds is 3. The average molecular weight is 311 g/mol. The van der Waals surface area contributed by atoms with Crippen LogP contribution in [-0.2, 0) is 4.74 Å². The van der Waals surface area contributed by atoms with Crippen LogP contribution in [0, 0.1) is 13.8 Å². The molecule has 2 aromatic rings. The summed E-state index contributed by atoms with van der Waals surface area (Å²) in [7, 11) is 0. The van der Waals surface area contributed by atoms with Gasteiger partial charge in [0.1, 0.15) is 5.75 Å². The summed E-state index contributed by atoms with van der Waals surface area (Å²) in [5.41, 5.74) is 5.81. The third kappa shape index (κ3) is 3.26. The topological polar surface area (TPSA) is 32.7 Å². The van der Waals surface area contributed by atoms with E-state index in [0.29, 0.717) is 11.8 Å². The lowest BCUT2D eigenvalue weighted by molar-refractivity contribution is 0.0198. The summed E-state index contributed by atoms with van der Waals surface area (Å²) in [6, 6.07) is 13.0. The highest BCUT2D eigenvalue weighted by Crippen LogP contribution is 2.31. The molecule has 0 bridgehead atoms. The Morgan fingerprint density at radius 3 is 2.26 bits per heavy atom. The molecule has 3 rings (SSSR count). The molecule has 0 radical (unpaired) electrons. The van der Waals surface area contributed by atoms with Gasteiger partial charge in [0.15, 0.2) is 0 Å². The zero-order chi connectivity index (χ0) is 16.4. The monoisotopic (exact) mass is 311 g/mol. The van der Waals surface area contributed by atoms with Crippen LogP contribution in [0.1, 0.15) is 29.7 Å².